The van der Waals surface area contributed by atoms with Crippen molar-refractivity contribution in [2.24, 2.45) is 0 Å². The summed E-state index contributed by atoms with van der Waals surface area (Å²) in [5, 5.41) is 3.06. The third-order valence-corrected chi connectivity index (χ3v) is 10.7. The lowest BCUT2D eigenvalue weighted by molar-refractivity contribution is 0.0964. The van der Waals surface area contributed by atoms with E-state index in [0.717, 1.165) is 16.1 Å². The molecule has 42 heavy (non-hydrogen) atoms. The van der Waals surface area contributed by atoms with Gasteiger partial charge in [0.25, 0.3) is 5.91 Å². The summed E-state index contributed by atoms with van der Waals surface area (Å²) in [6.07, 6.45) is 2.25. The number of halogens is 1. The van der Waals surface area contributed by atoms with Crippen molar-refractivity contribution in [1.82, 2.24) is 9.62 Å². The van der Waals surface area contributed by atoms with Gasteiger partial charge in [-0.25, -0.2) is 21.2 Å². The average molecular weight is 614 g/mol. The van der Waals surface area contributed by atoms with E-state index in [1.807, 2.05) is 13.0 Å². The largest absolute Gasteiger partial charge is 0.455 e. The molecule has 1 aromatic heterocycles. The van der Waals surface area contributed by atoms with Gasteiger partial charge in [-0.1, -0.05) is 12.1 Å². The lowest BCUT2D eigenvalue weighted by Gasteiger charge is -2.34. The number of carbonyl (C=O) groups is 1. The molecule has 4 aromatic rings. The van der Waals surface area contributed by atoms with Gasteiger partial charge < -0.3 is 9.73 Å². The number of anilines is 1. The lowest BCUT2D eigenvalue weighted by atomic mass is 9.89. The Balaban J connectivity index is 1.68. The van der Waals surface area contributed by atoms with Gasteiger partial charge >= 0.3 is 0 Å². The summed E-state index contributed by atoms with van der Waals surface area (Å²) in [4.78, 5) is 13.3. The maximum absolute atomic E-state index is 13.7. The van der Waals surface area contributed by atoms with Crippen LogP contribution in [-0.2, 0) is 20.0 Å². The number of rotatable bonds is 7. The molecule has 1 amide bonds. The van der Waals surface area contributed by atoms with E-state index in [0.29, 0.717) is 41.6 Å². The first-order chi connectivity index (χ1) is 19.8. The van der Waals surface area contributed by atoms with Crippen molar-refractivity contribution >= 4 is 42.6 Å². The van der Waals surface area contributed by atoms with Crippen LogP contribution in [0.1, 0.15) is 40.2 Å². The van der Waals surface area contributed by atoms with Gasteiger partial charge in [0, 0.05) is 44.2 Å². The van der Waals surface area contributed by atoms with Crippen LogP contribution in [0, 0.1) is 12.7 Å². The van der Waals surface area contributed by atoms with Gasteiger partial charge in [-0.05, 0) is 79.3 Å². The summed E-state index contributed by atoms with van der Waals surface area (Å²) in [7, 11) is -4.61. The van der Waals surface area contributed by atoms with Crippen molar-refractivity contribution in [3.8, 4) is 11.3 Å². The second-order valence-electron chi connectivity index (χ2n) is 10.5. The van der Waals surface area contributed by atoms with Crippen LogP contribution < -0.4 is 9.62 Å². The van der Waals surface area contributed by atoms with Gasteiger partial charge in [-0.3, -0.25) is 9.10 Å². The molecule has 0 radical (unpaired) electrons. The summed E-state index contributed by atoms with van der Waals surface area (Å²) in [6, 6.07) is 15.5. The fraction of sp³-hybridized carbons (Fsp3) is 0.300. The number of carbonyl (C=O) groups excluding carboxylic acids is 1. The molecule has 222 valence electrons. The Morgan fingerprint density at radius 3 is 2.43 bits per heavy atom. The van der Waals surface area contributed by atoms with Crippen LogP contribution in [0.15, 0.2) is 70.0 Å². The highest BCUT2D eigenvalue weighted by Gasteiger charge is 2.34. The Morgan fingerprint density at radius 1 is 1.07 bits per heavy atom. The number of aryl methyl sites for hydroxylation is 1. The number of hydrogen-bond acceptors (Lipinski definition) is 6. The molecule has 1 N–H and O–H groups in total. The number of hydrogen-bond donors (Lipinski definition) is 1. The maximum Gasteiger partial charge on any atom is 0.255 e. The summed E-state index contributed by atoms with van der Waals surface area (Å²) >= 11 is 0. The molecular weight excluding hydrogens is 581 g/mol. The highest BCUT2D eigenvalue weighted by molar-refractivity contribution is 7.92. The highest BCUT2D eigenvalue weighted by atomic mass is 32.2. The number of amides is 1. The van der Waals surface area contributed by atoms with Crippen molar-refractivity contribution in [2.45, 2.75) is 30.6 Å². The van der Waals surface area contributed by atoms with E-state index in [4.69, 9.17) is 4.42 Å². The van der Waals surface area contributed by atoms with Gasteiger partial charge in [0.2, 0.25) is 20.0 Å². The molecule has 9 nitrogen and oxygen atoms in total. The van der Waals surface area contributed by atoms with E-state index >= 15 is 0 Å². The molecule has 2 heterocycles. The third-order valence-electron chi connectivity index (χ3n) is 7.69. The first-order valence-electron chi connectivity index (χ1n) is 13.4. The first-order valence-corrected chi connectivity index (χ1v) is 16.7. The van der Waals surface area contributed by atoms with E-state index < -0.39 is 31.8 Å². The fourth-order valence-electron chi connectivity index (χ4n) is 5.42. The number of piperidine rings is 1. The van der Waals surface area contributed by atoms with Crippen molar-refractivity contribution in [1.29, 1.82) is 0 Å². The van der Waals surface area contributed by atoms with Gasteiger partial charge in [0.1, 0.15) is 17.2 Å². The summed E-state index contributed by atoms with van der Waals surface area (Å²) < 4.78 is 75.0. The number of benzene rings is 3. The molecule has 0 saturated carbocycles. The molecule has 0 spiro atoms. The highest BCUT2D eigenvalue weighted by Crippen LogP contribution is 2.42. The average Bonchev–Trinajstić information content (AvgIpc) is 3.34. The Labute approximate surface area is 245 Å². The van der Waals surface area contributed by atoms with Crippen LogP contribution in [-0.4, -0.2) is 60.5 Å². The Bertz CT molecular complexity index is 1890. The molecule has 1 fully saturated rings. The number of nitrogens with one attached hydrogen (secondary N) is 1. The monoisotopic (exact) mass is 613 g/mol. The van der Waals surface area contributed by atoms with Gasteiger partial charge in [-0.15, -0.1) is 0 Å². The van der Waals surface area contributed by atoms with Crippen LogP contribution >= 0.6 is 0 Å². The third kappa shape index (κ3) is 5.53. The molecule has 12 heteroatoms. The SMILES string of the molecule is CNC(=O)c1c(-c2ccc(F)cc2)oc2cc(N(C)S(C)(=O)=O)c([C@H]3CCCN(S(=O)(=O)c4cccc(C)c4)C3)cc12. The molecule has 1 atom stereocenters. The van der Waals surface area contributed by atoms with Crippen LogP contribution in [0.3, 0.4) is 0 Å². The predicted octanol–water partition coefficient (Wildman–Crippen LogP) is 4.87. The second kappa shape index (κ2) is 11.2. The number of sulfonamides is 2. The van der Waals surface area contributed by atoms with Crippen molar-refractivity contribution in [3.63, 3.8) is 0 Å². The molecule has 3 aromatic carbocycles. The quantitative estimate of drug-likeness (QED) is 0.318. The molecule has 0 unspecified atom stereocenters. The Hall–Kier alpha value is -3.74. The zero-order chi connectivity index (χ0) is 30.4. The molecule has 0 bridgehead atoms. The minimum absolute atomic E-state index is 0.129. The van der Waals surface area contributed by atoms with E-state index in [1.165, 1.54) is 42.7 Å². The van der Waals surface area contributed by atoms with Crippen molar-refractivity contribution in [3.05, 3.63) is 83.2 Å². The van der Waals surface area contributed by atoms with Gasteiger partial charge in [0.05, 0.1) is 22.4 Å². The van der Waals surface area contributed by atoms with Crippen molar-refractivity contribution in [2.75, 3.05) is 37.7 Å². The number of fused-ring (bicyclic) bond motifs is 1. The molecule has 1 aliphatic heterocycles. The topological polar surface area (TPSA) is 117 Å². The normalized spacial score (nSPS) is 16.5. The second-order valence-corrected chi connectivity index (χ2v) is 14.5. The van der Waals surface area contributed by atoms with Crippen molar-refractivity contribution < 1.29 is 30.4 Å². The maximum atomic E-state index is 13.7. The molecular formula is C30H32FN3O6S2. The molecule has 5 rings (SSSR count). The smallest absolute Gasteiger partial charge is 0.255 e. The van der Waals surface area contributed by atoms with Crippen LogP contribution in [0.4, 0.5) is 10.1 Å². The number of nitrogens with zero attached hydrogens (tertiary/aromatic N) is 2. The molecule has 1 saturated heterocycles. The zero-order valence-corrected chi connectivity index (χ0v) is 25.4. The Morgan fingerprint density at radius 2 is 1.79 bits per heavy atom. The van der Waals surface area contributed by atoms with E-state index in [-0.39, 0.29) is 34.3 Å². The summed E-state index contributed by atoms with van der Waals surface area (Å²) in [6.45, 7) is 2.29. The fourth-order valence-corrected chi connectivity index (χ4v) is 7.57. The zero-order valence-electron chi connectivity index (χ0n) is 23.7. The standard InChI is InChI=1S/C30H32FN3O6S2/c1-19-7-5-9-23(15-19)42(38,39)34-14-6-8-21(18-34)24-16-25-27(17-26(24)33(3)41(4,36)37)40-29(28(25)30(35)32-2)20-10-12-22(31)13-11-20/h5,7,9-13,15-17,21H,6,8,14,18H2,1-4H3,(H,32,35)/t21-/m0/s1. The minimum atomic E-state index is -3.80. The van der Waals surface area contributed by atoms with E-state index in [2.05, 4.69) is 5.32 Å². The van der Waals surface area contributed by atoms with Crippen LogP contribution in [0.5, 0.6) is 0 Å². The van der Waals surface area contributed by atoms with Crippen LogP contribution in [0.25, 0.3) is 22.3 Å². The predicted molar refractivity (Wildman–Crippen MR) is 160 cm³/mol. The molecule has 0 aliphatic carbocycles. The molecule has 1 aliphatic rings. The van der Waals surface area contributed by atoms with Gasteiger partial charge in [-0.2, -0.15) is 4.31 Å². The van der Waals surface area contributed by atoms with Gasteiger partial charge in [0.15, 0.2) is 0 Å². The lowest BCUT2D eigenvalue weighted by Crippen LogP contribution is -2.39. The minimum Gasteiger partial charge on any atom is -0.455 e. The summed E-state index contributed by atoms with van der Waals surface area (Å²) in [5.41, 5.74) is 2.68. The van der Waals surface area contributed by atoms with E-state index in [1.54, 1.807) is 30.3 Å². The first kappa shape index (κ1) is 29.7. The Kier molecular flexibility index (Phi) is 7.90. The van der Waals surface area contributed by atoms with Crippen LogP contribution in [0.2, 0.25) is 0 Å². The number of furan rings is 1. The van der Waals surface area contributed by atoms with E-state index in [9.17, 15) is 26.0 Å². The summed E-state index contributed by atoms with van der Waals surface area (Å²) in [5.74, 6) is -1.04.